The standard InChI is InChI=1S/C17H18BrN5O2/c1-4-23-15(13(18)10(3)21-23)16(24)20-17-19-11-7-9(2)8-12-14(11)22(17)5-6-25-12/h7-8H,4-6H2,1-3H3,(H,19,20,24). The maximum absolute atomic E-state index is 12.9. The molecule has 0 saturated carbocycles. The molecule has 0 fully saturated rings. The van der Waals surface area contributed by atoms with E-state index in [1.54, 1.807) is 4.68 Å². The Labute approximate surface area is 153 Å². The van der Waals surface area contributed by atoms with Crippen LogP contribution in [-0.2, 0) is 13.1 Å². The Hall–Kier alpha value is -2.35. The first-order valence-electron chi connectivity index (χ1n) is 8.17. The summed E-state index contributed by atoms with van der Waals surface area (Å²) in [5, 5.41) is 7.32. The predicted octanol–water partition coefficient (Wildman–Crippen LogP) is 3.28. The third-order valence-corrected chi connectivity index (χ3v) is 5.27. The molecule has 1 N–H and O–H groups in total. The van der Waals surface area contributed by atoms with Gasteiger partial charge in [-0.1, -0.05) is 0 Å². The number of ether oxygens (including phenoxy) is 1. The number of aryl methyl sites for hydroxylation is 3. The van der Waals surface area contributed by atoms with Gasteiger partial charge in [0.25, 0.3) is 5.91 Å². The van der Waals surface area contributed by atoms with Crippen molar-refractivity contribution < 1.29 is 9.53 Å². The summed E-state index contributed by atoms with van der Waals surface area (Å²) in [5.41, 5.74) is 4.11. The van der Waals surface area contributed by atoms with E-state index in [9.17, 15) is 4.79 Å². The van der Waals surface area contributed by atoms with Gasteiger partial charge in [0.2, 0.25) is 5.95 Å². The first-order valence-corrected chi connectivity index (χ1v) is 8.96. The average molecular weight is 404 g/mol. The lowest BCUT2D eigenvalue weighted by molar-refractivity contribution is 0.101. The number of anilines is 1. The molecule has 3 heterocycles. The normalized spacial score (nSPS) is 13.1. The van der Waals surface area contributed by atoms with Crippen molar-refractivity contribution in [1.82, 2.24) is 19.3 Å². The molecule has 7 nitrogen and oxygen atoms in total. The van der Waals surface area contributed by atoms with Gasteiger partial charge in [0.15, 0.2) is 0 Å². The van der Waals surface area contributed by atoms with Gasteiger partial charge in [-0.2, -0.15) is 5.10 Å². The number of benzene rings is 1. The number of carbonyl (C=O) groups is 1. The lowest BCUT2D eigenvalue weighted by Gasteiger charge is -2.18. The average Bonchev–Trinajstić information content (AvgIpc) is 3.06. The SMILES string of the molecule is CCn1nc(C)c(Br)c1C(=O)Nc1nc2cc(C)cc3c2n1CCO3. The molecule has 0 bridgehead atoms. The molecule has 0 unspecified atom stereocenters. The molecule has 0 spiro atoms. The Balaban J connectivity index is 1.77. The molecular weight excluding hydrogens is 386 g/mol. The van der Waals surface area contributed by atoms with Gasteiger partial charge < -0.3 is 9.30 Å². The van der Waals surface area contributed by atoms with Crippen molar-refractivity contribution in [2.75, 3.05) is 11.9 Å². The number of rotatable bonds is 3. The van der Waals surface area contributed by atoms with Crippen molar-refractivity contribution in [3.05, 3.63) is 33.6 Å². The van der Waals surface area contributed by atoms with E-state index < -0.39 is 0 Å². The van der Waals surface area contributed by atoms with Gasteiger partial charge in [0.05, 0.1) is 22.2 Å². The predicted molar refractivity (Wildman–Crippen MR) is 98.3 cm³/mol. The van der Waals surface area contributed by atoms with Crippen molar-refractivity contribution in [3.8, 4) is 5.75 Å². The molecule has 1 aromatic carbocycles. The number of nitrogens with one attached hydrogen (secondary N) is 1. The zero-order valence-corrected chi connectivity index (χ0v) is 15.8. The van der Waals surface area contributed by atoms with Crippen molar-refractivity contribution >= 4 is 38.8 Å². The van der Waals surface area contributed by atoms with Crippen LogP contribution in [0.1, 0.15) is 28.7 Å². The molecule has 130 valence electrons. The molecular formula is C17H18BrN5O2. The van der Waals surface area contributed by atoms with Crippen LogP contribution < -0.4 is 10.1 Å². The number of imidazole rings is 1. The number of aromatic nitrogens is 4. The van der Waals surface area contributed by atoms with Crippen LogP contribution in [-0.4, -0.2) is 31.8 Å². The molecule has 8 heteroatoms. The maximum atomic E-state index is 12.9. The Morgan fingerprint density at radius 1 is 1.40 bits per heavy atom. The van der Waals surface area contributed by atoms with E-state index in [1.807, 2.05) is 37.5 Å². The highest BCUT2D eigenvalue weighted by Gasteiger charge is 2.24. The summed E-state index contributed by atoms with van der Waals surface area (Å²) >= 11 is 3.47. The monoisotopic (exact) mass is 403 g/mol. The summed E-state index contributed by atoms with van der Waals surface area (Å²) in [7, 11) is 0. The molecule has 0 atom stereocenters. The number of nitrogens with zero attached hydrogens (tertiary/aromatic N) is 4. The third kappa shape index (κ3) is 2.52. The van der Waals surface area contributed by atoms with E-state index in [4.69, 9.17) is 4.74 Å². The van der Waals surface area contributed by atoms with E-state index in [0.717, 1.165) is 28.0 Å². The van der Waals surface area contributed by atoms with E-state index in [1.165, 1.54) is 0 Å². The second kappa shape index (κ2) is 5.87. The van der Waals surface area contributed by atoms with Crippen molar-refractivity contribution in [2.24, 2.45) is 0 Å². The Morgan fingerprint density at radius 3 is 2.96 bits per heavy atom. The highest BCUT2D eigenvalue weighted by atomic mass is 79.9. The fourth-order valence-electron chi connectivity index (χ4n) is 3.20. The van der Waals surface area contributed by atoms with Gasteiger partial charge in [-0.25, -0.2) is 4.98 Å². The number of hydrogen-bond donors (Lipinski definition) is 1. The highest BCUT2D eigenvalue weighted by molar-refractivity contribution is 9.10. The molecule has 3 aromatic rings. The topological polar surface area (TPSA) is 74.0 Å². The van der Waals surface area contributed by atoms with E-state index >= 15 is 0 Å². The Kier molecular flexibility index (Phi) is 3.79. The van der Waals surface area contributed by atoms with E-state index in [2.05, 4.69) is 31.3 Å². The molecule has 4 rings (SSSR count). The van der Waals surface area contributed by atoms with E-state index in [-0.39, 0.29) is 5.91 Å². The van der Waals surface area contributed by atoms with Crippen molar-refractivity contribution in [1.29, 1.82) is 0 Å². The largest absolute Gasteiger partial charge is 0.489 e. The van der Waals surface area contributed by atoms with Crippen molar-refractivity contribution in [2.45, 2.75) is 33.9 Å². The van der Waals surface area contributed by atoms with Crippen LogP contribution in [0.5, 0.6) is 5.75 Å². The molecule has 0 saturated heterocycles. The Bertz CT molecular complexity index is 1000. The summed E-state index contributed by atoms with van der Waals surface area (Å²) in [6.07, 6.45) is 0. The van der Waals surface area contributed by atoms with Crippen LogP contribution in [0.25, 0.3) is 11.0 Å². The summed E-state index contributed by atoms with van der Waals surface area (Å²) < 4.78 is 10.1. The molecule has 2 aromatic heterocycles. The van der Waals surface area contributed by atoms with Crippen LogP contribution in [0.15, 0.2) is 16.6 Å². The van der Waals surface area contributed by atoms with Gasteiger partial charge >= 0.3 is 0 Å². The molecule has 0 aliphatic carbocycles. The highest BCUT2D eigenvalue weighted by Crippen LogP contribution is 2.33. The molecule has 1 aliphatic heterocycles. The minimum absolute atomic E-state index is 0.231. The zero-order valence-electron chi connectivity index (χ0n) is 14.3. The van der Waals surface area contributed by atoms with Crippen LogP contribution >= 0.6 is 15.9 Å². The fourth-order valence-corrected chi connectivity index (χ4v) is 3.66. The number of halogens is 1. The third-order valence-electron chi connectivity index (χ3n) is 4.32. The second-order valence-electron chi connectivity index (χ2n) is 6.08. The minimum atomic E-state index is -0.231. The summed E-state index contributed by atoms with van der Waals surface area (Å²) in [4.78, 5) is 17.5. The fraction of sp³-hybridized carbons (Fsp3) is 0.353. The van der Waals surface area contributed by atoms with Crippen LogP contribution in [0.2, 0.25) is 0 Å². The molecule has 1 aliphatic rings. The Morgan fingerprint density at radius 2 is 2.20 bits per heavy atom. The second-order valence-corrected chi connectivity index (χ2v) is 6.88. The maximum Gasteiger partial charge on any atom is 0.277 e. The number of amides is 1. The van der Waals surface area contributed by atoms with Gasteiger partial charge in [-0.15, -0.1) is 0 Å². The van der Waals surface area contributed by atoms with Crippen LogP contribution in [0.3, 0.4) is 0 Å². The minimum Gasteiger partial charge on any atom is -0.489 e. The van der Waals surface area contributed by atoms with Crippen LogP contribution in [0, 0.1) is 13.8 Å². The molecule has 0 radical (unpaired) electrons. The number of hydrogen-bond acceptors (Lipinski definition) is 4. The molecule has 1 amide bonds. The smallest absolute Gasteiger partial charge is 0.277 e. The lowest BCUT2D eigenvalue weighted by atomic mass is 10.2. The zero-order chi connectivity index (χ0) is 17.7. The summed E-state index contributed by atoms with van der Waals surface area (Å²) in [5.74, 6) is 1.11. The van der Waals surface area contributed by atoms with Crippen molar-refractivity contribution in [3.63, 3.8) is 0 Å². The van der Waals surface area contributed by atoms with Gasteiger partial charge in [0.1, 0.15) is 23.6 Å². The lowest BCUT2D eigenvalue weighted by Crippen LogP contribution is -2.22. The van der Waals surface area contributed by atoms with Gasteiger partial charge in [-0.05, 0) is 54.4 Å². The molecule has 25 heavy (non-hydrogen) atoms. The quantitative estimate of drug-likeness (QED) is 0.727. The van der Waals surface area contributed by atoms with E-state index in [0.29, 0.717) is 35.8 Å². The summed E-state index contributed by atoms with van der Waals surface area (Å²) in [6.45, 7) is 7.65. The first-order chi connectivity index (χ1) is 12.0. The first kappa shape index (κ1) is 16.1. The van der Waals surface area contributed by atoms with Gasteiger partial charge in [-0.3, -0.25) is 14.8 Å². The summed E-state index contributed by atoms with van der Waals surface area (Å²) in [6, 6.07) is 3.99. The number of carbonyl (C=O) groups excluding carboxylic acids is 1. The van der Waals surface area contributed by atoms with Gasteiger partial charge in [0, 0.05) is 6.54 Å². The van der Waals surface area contributed by atoms with Crippen LogP contribution in [0.4, 0.5) is 5.95 Å².